The second-order valence-electron chi connectivity index (χ2n) is 4.26. The molecule has 0 aliphatic carbocycles. The largest absolute Gasteiger partial charge is 0.480 e. The van der Waals surface area contributed by atoms with Crippen LogP contribution in [-0.4, -0.2) is 42.0 Å². The summed E-state index contributed by atoms with van der Waals surface area (Å²) in [7, 11) is 1.48. The van der Waals surface area contributed by atoms with E-state index in [9.17, 15) is 9.59 Å². The van der Waals surface area contributed by atoms with Gasteiger partial charge in [0, 0.05) is 12.7 Å². The first-order chi connectivity index (χ1) is 8.41. The molecule has 0 aliphatic rings. The molecule has 0 saturated heterocycles. The molecular formula is C13H18N2O3. The monoisotopic (exact) mass is 250 g/mol. The molecule has 1 amide bonds. The molecule has 0 atom stereocenters. The van der Waals surface area contributed by atoms with Crippen LogP contribution in [0.3, 0.4) is 0 Å². The number of amides is 1. The van der Waals surface area contributed by atoms with Crippen molar-refractivity contribution in [2.24, 2.45) is 0 Å². The van der Waals surface area contributed by atoms with E-state index in [1.807, 2.05) is 32.0 Å². The smallest absolute Gasteiger partial charge is 0.323 e. The lowest BCUT2D eigenvalue weighted by Crippen LogP contribution is -2.36. The van der Waals surface area contributed by atoms with Gasteiger partial charge in [-0.25, -0.2) is 0 Å². The summed E-state index contributed by atoms with van der Waals surface area (Å²) < 4.78 is 0. The van der Waals surface area contributed by atoms with Gasteiger partial charge >= 0.3 is 5.97 Å². The predicted octanol–water partition coefficient (Wildman–Crippen LogP) is 1.26. The first kappa shape index (κ1) is 14.0. The van der Waals surface area contributed by atoms with E-state index in [4.69, 9.17) is 5.11 Å². The highest BCUT2D eigenvalue weighted by Crippen LogP contribution is 2.18. The van der Waals surface area contributed by atoms with Crippen LogP contribution in [0.2, 0.25) is 0 Å². The maximum absolute atomic E-state index is 11.7. The lowest BCUT2D eigenvalue weighted by atomic mass is 10.1. The molecule has 2 N–H and O–H groups in total. The van der Waals surface area contributed by atoms with Crippen LogP contribution in [0.1, 0.15) is 11.1 Å². The summed E-state index contributed by atoms with van der Waals surface area (Å²) in [5.41, 5.74) is 3.04. The van der Waals surface area contributed by atoms with Gasteiger partial charge in [0.2, 0.25) is 5.91 Å². The molecule has 0 fully saturated rings. The second-order valence-corrected chi connectivity index (χ2v) is 4.26. The Bertz CT molecular complexity index is 437. The van der Waals surface area contributed by atoms with Gasteiger partial charge < -0.3 is 15.3 Å². The number of nitrogens with one attached hydrogen (secondary N) is 1. The highest BCUT2D eigenvalue weighted by Gasteiger charge is 2.12. The zero-order valence-corrected chi connectivity index (χ0v) is 10.9. The number of carbonyl (C=O) groups excluding carboxylic acids is 1. The third-order valence-corrected chi connectivity index (χ3v) is 2.70. The first-order valence-electron chi connectivity index (χ1n) is 5.67. The standard InChI is InChI=1S/C13H18N2O3/c1-9-5-4-6-10(2)13(9)14-7-11(16)15(3)8-12(17)18/h4-6,14H,7-8H2,1-3H3,(H,17,18). The maximum atomic E-state index is 11.7. The fraction of sp³-hybridized carbons (Fsp3) is 0.385. The molecule has 0 spiro atoms. The number of aryl methyl sites for hydroxylation is 2. The number of carboxylic acid groups (broad SMARTS) is 1. The minimum absolute atomic E-state index is 0.0927. The van der Waals surface area contributed by atoms with Crippen molar-refractivity contribution in [3.8, 4) is 0 Å². The Kier molecular flexibility index (Phi) is 4.71. The molecule has 0 saturated carbocycles. The van der Waals surface area contributed by atoms with Crippen molar-refractivity contribution >= 4 is 17.6 Å². The van der Waals surface area contributed by atoms with Gasteiger partial charge in [-0.05, 0) is 25.0 Å². The van der Waals surface area contributed by atoms with Crippen LogP contribution in [0, 0.1) is 13.8 Å². The number of nitrogens with zero attached hydrogens (tertiary/aromatic N) is 1. The van der Waals surface area contributed by atoms with Crippen LogP contribution < -0.4 is 5.32 Å². The van der Waals surface area contributed by atoms with Gasteiger partial charge in [-0.15, -0.1) is 0 Å². The number of hydrogen-bond donors (Lipinski definition) is 2. The van der Waals surface area contributed by atoms with Crippen molar-refractivity contribution in [3.05, 3.63) is 29.3 Å². The lowest BCUT2D eigenvalue weighted by Gasteiger charge is -2.17. The minimum Gasteiger partial charge on any atom is -0.480 e. The van der Waals surface area contributed by atoms with Crippen molar-refractivity contribution < 1.29 is 14.7 Å². The van der Waals surface area contributed by atoms with Crippen LogP contribution >= 0.6 is 0 Å². The Labute approximate surface area is 106 Å². The summed E-state index contributed by atoms with van der Waals surface area (Å²) in [6.07, 6.45) is 0. The van der Waals surface area contributed by atoms with Gasteiger partial charge in [-0.3, -0.25) is 9.59 Å². The Morgan fingerprint density at radius 3 is 2.33 bits per heavy atom. The molecule has 5 nitrogen and oxygen atoms in total. The van der Waals surface area contributed by atoms with Crippen molar-refractivity contribution in [1.82, 2.24) is 4.90 Å². The molecule has 0 radical (unpaired) electrons. The average molecular weight is 250 g/mol. The Hall–Kier alpha value is -2.04. The summed E-state index contributed by atoms with van der Waals surface area (Å²) in [5, 5.41) is 11.6. The zero-order valence-electron chi connectivity index (χ0n) is 10.9. The van der Waals surface area contributed by atoms with Gasteiger partial charge in [0.1, 0.15) is 6.54 Å². The van der Waals surface area contributed by atoms with E-state index in [0.29, 0.717) is 0 Å². The van der Waals surface area contributed by atoms with E-state index in [0.717, 1.165) is 16.8 Å². The van der Waals surface area contributed by atoms with Crippen molar-refractivity contribution in [2.75, 3.05) is 25.5 Å². The predicted molar refractivity (Wildman–Crippen MR) is 69.7 cm³/mol. The number of rotatable bonds is 5. The highest BCUT2D eigenvalue weighted by molar-refractivity contribution is 5.84. The third kappa shape index (κ3) is 3.76. The summed E-state index contributed by atoms with van der Waals surface area (Å²) in [6.45, 7) is 3.73. The number of hydrogen-bond acceptors (Lipinski definition) is 3. The van der Waals surface area contributed by atoms with Gasteiger partial charge in [-0.1, -0.05) is 18.2 Å². The molecule has 0 unspecified atom stereocenters. The van der Waals surface area contributed by atoms with E-state index in [-0.39, 0.29) is 19.0 Å². The van der Waals surface area contributed by atoms with Crippen molar-refractivity contribution in [2.45, 2.75) is 13.8 Å². The molecule has 5 heteroatoms. The fourth-order valence-corrected chi connectivity index (χ4v) is 1.68. The van der Waals surface area contributed by atoms with Gasteiger partial charge in [-0.2, -0.15) is 0 Å². The number of benzene rings is 1. The first-order valence-corrected chi connectivity index (χ1v) is 5.67. The van der Waals surface area contributed by atoms with Gasteiger partial charge in [0.05, 0.1) is 6.54 Å². The van der Waals surface area contributed by atoms with Gasteiger partial charge in [0.15, 0.2) is 0 Å². The van der Waals surface area contributed by atoms with E-state index in [2.05, 4.69) is 5.32 Å². The number of carboxylic acids is 1. The fourth-order valence-electron chi connectivity index (χ4n) is 1.68. The maximum Gasteiger partial charge on any atom is 0.323 e. The number of aliphatic carboxylic acids is 1. The summed E-state index contributed by atoms with van der Waals surface area (Å²) >= 11 is 0. The SMILES string of the molecule is Cc1cccc(C)c1NCC(=O)N(C)CC(=O)O. The minimum atomic E-state index is -1.02. The zero-order chi connectivity index (χ0) is 13.7. The second kappa shape index (κ2) is 6.05. The average Bonchev–Trinajstić information content (AvgIpc) is 2.27. The summed E-state index contributed by atoms with van der Waals surface area (Å²) in [5.74, 6) is -1.27. The van der Waals surface area contributed by atoms with E-state index in [1.54, 1.807) is 0 Å². The van der Waals surface area contributed by atoms with Crippen LogP contribution in [0.5, 0.6) is 0 Å². The van der Waals surface area contributed by atoms with Crippen LogP contribution in [0.4, 0.5) is 5.69 Å². The molecule has 0 aromatic heterocycles. The number of anilines is 1. The quantitative estimate of drug-likeness (QED) is 0.825. The van der Waals surface area contributed by atoms with E-state index < -0.39 is 5.97 Å². The van der Waals surface area contributed by atoms with E-state index in [1.165, 1.54) is 11.9 Å². The third-order valence-electron chi connectivity index (χ3n) is 2.70. The lowest BCUT2D eigenvalue weighted by molar-refractivity contribution is -0.142. The molecule has 0 heterocycles. The number of para-hydroxylation sites is 1. The molecule has 0 aliphatic heterocycles. The molecule has 1 aromatic rings. The molecule has 18 heavy (non-hydrogen) atoms. The normalized spacial score (nSPS) is 9.94. The Morgan fingerprint density at radius 2 is 1.83 bits per heavy atom. The van der Waals surface area contributed by atoms with Gasteiger partial charge in [0.25, 0.3) is 0 Å². The molecular weight excluding hydrogens is 232 g/mol. The number of carbonyl (C=O) groups is 2. The highest BCUT2D eigenvalue weighted by atomic mass is 16.4. The summed E-state index contributed by atoms with van der Waals surface area (Å²) in [6, 6.07) is 5.87. The molecule has 1 rings (SSSR count). The van der Waals surface area contributed by atoms with Crippen LogP contribution in [0.25, 0.3) is 0 Å². The Balaban J connectivity index is 2.60. The van der Waals surface area contributed by atoms with Crippen LogP contribution in [-0.2, 0) is 9.59 Å². The topological polar surface area (TPSA) is 69.6 Å². The molecule has 98 valence electrons. The molecule has 0 bridgehead atoms. The van der Waals surface area contributed by atoms with Crippen molar-refractivity contribution in [1.29, 1.82) is 0 Å². The van der Waals surface area contributed by atoms with Crippen molar-refractivity contribution in [3.63, 3.8) is 0 Å². The van der Waals surface area contributed by atoms with E-state index >= 15 is 0 Å². The van der Waals surface area contributed by atoms with Crippen LogP contribution in [0.15, 0.2) is 18.2 Å². The Morgan fingerprint density at radius 1 is 1.28 bits per heavy atom. The molecule has 1 aromatic carbocycles. The number of likely N-dealkylation sites (N-methyl/N-ethyl adjacent to an activating group) is 1. The summed E-state index contributed by atoms with van der Waals surface area (Å²) in [4.78, 5) is 23.3.